The molecule has 14 heavy (non-hydrogen) atoms. The Morgan fingerprint density at radius 3 is 2.14 bits per heavy atom. The summed E-state index contributed by atoms with van der Waals surface area (Å²) in [5.74, 6) is 0.539. The molecule has 0 amide bonds. The maximum absolute atomic E-state index is 12.8. The minimum atomic E-state index is -4.13. The van der Waals surface area contributed by atoms with E-state index in [9.17, 15) is 13.2 Å². The fourth-order valence-corrected chi connectivity index (χ4v) is 2.24. The molecule has 1 nitrogen and oxygen atoms in total. The highest BCUT2D eigenvalue weighted by atomic mass is 19.4. The third-order valence-electron chi connectivity index (χ3n) is 3.69. The summed E-state index contributed by atoms with van der Waals surface area (Å²) >= 11 is 0. The first kappa shape index (κ1) is 11.8. The largest absolute Gasteiger partial charge is 0.406 e. The highest BCUT2D eigenvalue weighted by molar-refractivity contribution is 4.99. The first-order chi connectivity index (χ1) is 6.32. The summed E-state index contributed by atoms with van der Waals surface area (Å²) in [7, 11) is 1.41. The third-order valence-corrected chi connectivity index (χ3v) is 3.69. The quantitative estimate of drug-likeness (QED) is 0.700. The predicted octanol–water partition coefficient (Wildman–Crippen LogP) is 2.96. The lowest BCUT2D eigenvalue weighted by Crippen LogP contribution is -2.58. The predicted molar refractivity (Wildman–Crippen MR) is 50.0 cm³/mol. The third kappa shape index (κ3) is 1.90. The molecule has 1 rings (SSSR count). The zero-order valence-electron chi connectivity index (χ0n) is 8.91. The van der Waals surface area contributed by atoms with Crippen LogP contribution in [0.4, 0.5) is 13.2 Å². The van der Waals surface area contributed by atoms with Crippen LogP contribution in [0.3, 0.4) is 0 Å². The summed E-state index contributed by atoms with van der Waals surface area (Å²) in [5.41, 5.74) is -1.64. The summed E-state index contributed by atoms with van der Waals surface area (Å²) in [6, 6.07) is 0. The van der Waals surface area contributed by atoms with Gasteiger partial charge < -0.3 is 5.32 Å². The Morgan fingerprint density at radius 2 is 1.79 bits per heavy atom. The molecule has 0 saturated heterocycles. The van der Waals surface area contributed by atoms with Gasteiger partial charge in [-0.25, -0.2) is 0 Å². The molecule has 3 unspecified atom stereocenters. The molecule has 0 bridgehead atoms. The van der Waals surface area contributed by atoms with Crippen molar-refractivity contribution in [1.29, 1.82) is 0 Å². The fraction of sp³-hybridized carbons (Fsp3) is 1.00. The normalized spacial score (nSPS) is 39.9. The SMILES string of the molecule is CNC1(C(F)(F)F)CCC(C)C(C)C1. The van der Waals surface area contributed by atoms with E-state index in [1.165, 1.54) is 7.05 Å². The fourth-order valence-electron chi connectivity index (χ4n) is 2.24. The first-order valence-corrected chi connectivity index (χ1v) is 5.08. The van der Waals surface area contributed by atoms with Crippen molar-refractivity contribution in [2.24, 2.45) is 11.8 Å². The van der Waals surface area contributed by atoms with Crippen LogP contribution in [-0.2, 0) is 0 Å². The number of hydrogen-bond donors (Lipinski definition) is 1. The molecule has 0 aliphatic heterocycles. The summed E-state index contributed by atoms with van der Waals surface area (Å²) in [4.78, 5) is 0. The smallest absolute Gasteiger partial charge is 0.307 e. The number of rotatable bonds is 1. The van der Waals surface area contributed by atoms with Gasteiger partial charge in [0, 0.05) is 0 Å². The first-order valence-electron chi connectivity index (χ1n) is 5.08. The van der Waals surface area contributed by atoms with Gasteiger partial charge in [0.2, 0.25) is 0 Å². The van der Waals surface area contributed by atoms with Crippen molar-refractivity contribution < 1.29 is 13.2 Å². The van der Waals surface area contributed by atoms with Crippen molar-refractivity contribution in [3.05, 3.63) is 0 Å². The van der Waals surface area contributed by atoms with E-state index in [4.69, 9.17) is 0 Å². The van der Waals surface area contributed by atoms with Gasteiger partial charge in [0.1, 0.15) is 5.54 Å². The second kappa shape index (κ2) is 3.72. The van der Waals surface area contributed by atoms with Gasteiger partial charge in [-0.1, -0.05) is 13.8 Å². The van der Waals surface area contributed by atoms with E-state index < -0.39 is 11.7 Å². The Morgan fingerprint density at radius 1 is 1.21 bits per heavy atom. The second-order valence-electron chi connectivity index (χ2n) is 4.53. The molecule has 84 valence electrons. The highest BCUT2D eigenvalue weighted by Gasteiger charge is 2.55. The maximum Gasteiger partial charge on any atom is 0.406 e. The minimum Gasteiger partial charge on any atom is -0.307 e. The van der Waals surface area contributed by atoms with Crippen LogP contribution >= 0.6 is 0 Å². The van der Waals surface area contributed by atoms with Gasteiger partial charge in [-0.05, 0) is 38.1 Å². The topological polar surface area (TPSA) is 12.0 Å². The van der Waals surface area contributed by atoms with Gasteiger partial charge in [-0.3, -0.25) is 0 Å². The van der Waals surface area contributed by atoms with Crippen LogP contribution in [0, 0.1) is 11.8 Å². The van der Waals surface area contributed by atoms with Crippen LogP contribution < -0.4 is 5.32 Å². The van der Waals surface area contributed by atoms with E-state index in [-0.39, 0.29) is 18.8 Å². The molecule has 0 aromatic rings. The van der Waals surface area contributed by atoms with Gasteiger partial charge in [0.25, 0.3) is 0 Å². The van der Waals surface area contributed by atoms with Crippen molar-refractivity contribution in [3.8, 4) is 0 Å². The summed E-state index contributed by atoms with van der Waals surface area (Å²) in [5, 5.41) is 2.48. The molecule has 1 fully saturated rings. The number of nitrogens with one attached hydrogen (secondary N) is 1. The second-order valence-corrected chi connectivity index (χ2v) is 4.53. The van der Waals surface area contributed by atoms with Gasteiger partial charge in [0.15, 0.2) is 0 Å². The van der Waals surface area contributed by atoms with E-state index in [0.29, 0.717) is 12.3 Å². The number of halogens is 3. The monoisotopic (exact) mass is 209 g/mol. The summed E-state index contributed by atoms with van der Waals surface area (Å²) in [6.07, 6.45) is -3.07. The van der Waals surface area contributed by atoms with Crippen molar-refractivity contribution in [2.45, 2.75) is 44.8 Å². The lowest BCUT2D eigenvalue weighted by molar-refractivity contribution is -0.210. The average molecular weight is 209 g/mol. The van der Waals surface area contributed by atoms with Crippen molar-refractivity contribution >= 4 is 0 Å². The van der Waals surface area contributed by atoms with Crippen LogP contribution in [0.5, 0.6) is 0 Å². The lowest BCUT2D eigenvalue weighted by atomic mass is 9.71. The molecule has 0 spiro atoms. The van der Waals surface area contributed by atoms with Crippen molar-refractivity contribution in [2.75, 3.05) is 7.05 Å². The molecule has 0 aromatic heterocycles. The molecule has 4 heteroatoms. The van der Waals surface area contributed by atoms with E-state index in [0.717, 1.165) is 0 Å². The number of alkyl halides is 3. The van der Waals surface area contributed by atoms with Crippen LogP contribution in [0.1, 0.15) is 33.1 Å². The number of hydrogen-bond acceptors (Lipinski definition) is 1. The van der Waals surface area contributed by atoms with E-state index in [1.807, 2.05) is 13.8 Å². The summed E-state index contributed by atoms with van der Waals surface area (Å²) < 4.78 is 38.5. The minimum absolute atomic E-state index is 0.137. The van der Waals surface area contributed by atoms with Gasteiger partial charge in [-0.15, -0.1) is 0 Å². The molecule has 1 aliphatic rings. The Hall–Kier alpha value is -0.250. The highest BCUT2D eigenvalue weighted by Crippen LogP contribution is 2.45. The maximum atomic E-state index is 12.8. The molecule has 1 N–H and O–H groups in total. The molecular weight excluding hydrogens is 191 g/mol. The van der Waals surface area contributed by atoms with E-state index >= 15 is 0 Å². The zero-order valence-corrected chi connectivity index (χ0v) is 8.91. The van der Waals surface area contributed by atoms with E-state index in [1.54, 1.807) is 0 Å². The van der Waals surface area contributed by atoms with E-state index in [2.05, 4.69) is 5.32 Å². The van der Waals surface area contributed by atoms with Crippen LogP contribution in [0.2, 0.25) is 0 Å². The van der Waals surface area contributed by atoms with Gasteiger partial charge >= 0.3 is 6.18 Å². The molecular formula is C10H18F3N. The van der Waals surface area contributed by atoms with Crippen LogP contribution in [0.15, 0.2) is 0 Å². The molecule has 0 radical (unpaired) electrons. The zero-order chi connectivity index (χ0) is 11.0. The van der Waals surface area contributed by atoms with Crippen LogP contribution in [-0.4, -0.2) is 18.8 Å². The molecule has 3 atom stereocenters. The Balaban J connectivity index is 2.82. The Kier molecular flexibility index (Phi) is 3.14. The Labute approximate surface area is 83.1 Å². The van der Waals surface area contributed by atoms with Crippen molar-refractivity contribution in [1.82, 2.24) is 5.32 Å². The van der Waals surface area contributed by atoms with Gasteiger partial charge in [-0.2, -0.15) is 13.2 Å². The molecule has 1 aliphatic carbocycles. The van der Waals surface area contributed by atoms with Crippen molar-refractivity contribution in [3.63, 3.8) is 0 Å². The summed E-state index contributed by atoms with van der Waals surface area (Å²) in [6.45, 7) is 3.93. The standard InChI is InChI=1S/C10H18F3N/c1-7-4-5-9(14-3,6-8(7)2)10(11,12)13/h7-8,14H,4-6H2,1-3H3. The molecule has 1 saturated carbocycles. The Bertz CT molecular complexity index is 202. The molecule has 0 heterocycles. The lowest BCUT2D eigenvalue weighted by Gasteiger charge is -2.43. The van der Waals surface area contributed by atoms with Gasteiger partial charge in [0.05, 0.1) is 0 Å². The average Bonchev–Trinajstić information content (AvgIpc) is 2.08. The molecule has 0 aromatic carbocycles. The van der Waals surface area contributed by atoms with Crippen LogP contribution in [0.25, 0.3) is 0 Å².